The Morgan fingerprint density at radius 2 is 1.93 bits per heavy atom. The molecule has 1 atom stereocenters. The van der Waals surface area contributed by atoms with Gasteiger partial charge >= 0.3 is 0 Å². The van der Waals surface area contributed by atoms with Crippen LogP contribution >= 0.6 is 0 Å². The van der Waals surface area contributed by atoms with Gasteiger partial charge in [-0.2, -0.15) is 5.10 Å². The second-order valence-corrected chi connectivity index (χ2v) is 6.83. The maximum Gasteiger partial charge on any atom is 0.255 e. The van der Waals surface area contributed by atoms with E-state index in [2.05, 4.69) is 15.7 Å². The smallest absolute Gasteiger partial charge is 0.255 e. The number of hydrogen-bond donors (Lipinski definition) is 2. The number of amides is 2. The molecular weight excluding hydrogens is 368 g/mol. The van der Waals surface area contributed by atoms with Gasteiger partial charge < -0.3 is 15.4 Å². The molecule has 1 fully saturated rings. The van der Waals surface area contributed by atoms with Gasteiger partial charge in [0.05, 0.1) is 18.4 Å². The topological polar surface area (TPSA) is 85.2 Å². The van der Waals surface area contributed by atoms with Crippen molar-refractivity contribution in [2.75, 3.05) is 13.7 Å². The van der Waals surface area contributed by atoms with Crippen LogP contribution < -0.4 is 15.4 Å². The number of nitrogens with one attached hydrogen (secondary N) is 2. The maximum absolute atomic E-state index is 13.1. The van der Waals surface area contributed by atoms with Gasteiger partial charge in [0, 0.05) is 18.3 Å². The molecule has 3 aromatic rings. The zero-order valence-corrected chi connectivity index (χ0v) is 16.1. The number of carbonyl (C=O) groups excluding carboxylic acids is 2. The quantitative estimate of drug-likeness (QED) is 0.701. The van der Waals surface area contributed by atoms with E-state index < -0.39 is 6.04 Å². The van der Waals surface area contributed by atoms with Crippen molar-refractivity contribution in [2.45, 2.75) is 18.9 Å². The van der Waals surface area contributed by atoms with Crippen LogP contribution in [0, 0.1) is 0 Å². The normalized spacial score (nSPS) is 16.2. The van der Waals surface area contributed by atoms with E-state index in [1.807, 2.05) is 54.6 Å². The molecule has 29 heavy (non-hydrogen) atoms. The van der Waals surface area contributed by atoms with E-state index in [-0.39, 0.29) is 11.8 Å². The lowest BCUT2D eigenvalue weighted by atomic mass is 10.0. The molecule has 2 amide bonds. The average molecular weight is 390 g/mol. The fourth-order valence-corrected chi connectivity index (χ4v) is 3.44. The van der Waals surface area contributed by atoms with Crippen LogP contribution in [0.25, 0.3) is 16.9 Å². The van der Waals surface area contributed by atoms with Crippen molar-refractivity contribution in [1.82, 2.24) is 20.4 Å². The van der Waals surface area contributed by atoms with Gasteiger partial charge in [-0.05, 0) is 37.1 Å². The summed E-state index contributed by atoms with van der Waals surface area (Å²) in [4.78, 5) is 25.2. The van der Waals surface area contributed by atoms with Crippen molar-refractivity contribution in [1.29, 1.82) is 0 Å². The molecule has 0 saturated carbocycles. The Bertz CT molecular complexity index is 1030. The molecule has 7 heteroatoms. The first-order chi connectivity index (χ1) is 14.2. The largest absolute Gasteiger partial charge is 0.496 e. The van der Waals surface area contributed by atoms with Gasteiger partial charge in [0.1, 0.15) is 17.5 Å². The third kappa shape index (κ3) is 3.85. The van der Waals surface area contributed by atoms with Crippen LogP contribution in [0.4, 0.5) is 0 Å². The average Bonchev–Trinajstić information content (AvgIpc) is 3.21. The number of hydrogen-bond acceptors (Lipinski definition) is 4. The number of nitrogens with zero attached hydrogens (tertiary/aromatic N) is 2. The van der Waals surface area contributed by atoms with Crippen LogP contribution in [-0.2, 0) is 4.79 Å². The minimum absolute atomic E-state index is 0.154. The van der Waals surface area contributed by atoms with Crippen LogP contribution in [0.15, 0.2) is 60.8 Å². The van der Waals surface area contributed by atoms with E-state index in [4.69, 9.17) is 4.74 Å². The summed E-state index contributed by atoms with van der Waals surface area (Å²) in [5.74, 6) is 0.129. The number of methoxy groups -OCH3 is 1. The summed E-state index contributed by atoms with van der Waals surface area (Å²) in [6.07, 6.45) is 3.14. The Labute approximate surface area is 168 Å². The van der Waals surface area contributed by atoms with Crippen LogP contribution in [0.2, 0.25) is 0 Å². The van der Waals surface area contributed by atoms with Gasteiger partial charge in [-0.1, -0.05) is 30.3 Å². The summed E-state index contributed by atoms with van der Waals surface area (Å²) in [5, 5.41) is 10.3. The molecule has 2 N–H and O–H groups in total. The summed E-state index contributed by atoms with van der Waals surface area (Å²) in [6.45, 7) is 0.642. The van der Waals surface area contributed by atoms with Gasteiger partial charge in [0.15, 0.2) is 0 Å². The van der Waals surface area contributed by atoms with E-state index in [1.165, 1.54) is 0 Å². The van der Waals surface area contributed by atoms with E-state index >= 15 is 0 Å². The van der Waals surface area contributed by atoms with Crippen molar-refractivity contribution in [2.24, 2.45) is 0 Å². The van der Waals surface area contributed by atoms with E-state index in [0.29, 0.717) is 35.5 Å². The van der Waals surface area contributed by atoms with E-state index in [1.54, 1.807) is 18.0 Å². The monoisotopic (exact) mass is 390 g/mol. The number of para-hydroxylation sites is 2. The van der Waals surface area contributed by atoms with Crippen molar-refractivity contribution in [3.63, 3.8) is 0 Å². The van der Waals surface area contributed by atoms with E-state index in [9.17, 15) is 9.59 Å². The lowest BCUT2D eigenvalue weighted by Crippen LogP contribution is -2.50. The predicted molar refractivity (Wildman–Crippen MR) is 109 cm³/mol. The number of ether oxygens (including phenoxy) is 1. The summed E-state index contributed by atoms with van der Waals surface area (Å²) < 4.78 is 7.14. The van der Waals surface area contributed by atoms with Crippen molar-refractivity contribution in [3.8, 4) is 22.7 Å². The molecule has 4 rings (SSSR count). The zero-order chi connectivity index (χ0) is 20.2. The van der Waals surface area contributed by atoms with Crippen LogP contribution in [0.1, 0.15) is 23.2 Å². The molecule has 1 saturated heterocycles. The molecule has 0 bridgehead atoms. The Kier molecular flexibility index (Phi) is 5.29. The third-order valence-corrected chi connectivity index (χ3v) is 4.93. The van der Waals surface area contributed by atoms with Crippen molar-refractivity contribution in [3.05, 3.63) is 66.4 Å². The van der Waals surface area contributed by atoms with Crippen LogP contribution in [-0.4, -0.2) is 41.3 Å². The first-order valence-corrected chi connectivity index (χ1v) is 9.54. The zero-order valence-electron chi connectivity index (χ0n) is 16.1. The van der Waals surface area contributed by atoms with Gasteiger partial charge in [0.25, 0.3) is 5.91 Å². The van der Waals surface area contributed by atoms with Crippen LogP contribution in [0.3, 0.4) is 0 Å². The highest BCUT2D eigenvalue weighted by Crippen LogP contribution is 2.31. The molecule has 2 heterocycles. The first-order valence-electron chi connectivity index (χ1n) is 9.54. The molecule has 2 aromatic carbocycles. The molecule has 148 valence electrons. The third-order valence-electron chi connectivity index (χ3n) is 4.93. The molecule has 7 nitrogen and oxygen atoms in total. The minimum Gasteiger partial charge on any atom is -0.496 e. The molecular formula is C22H22N4O3. The Hall–Kier alpha value is -3.61. The van der Waals surface area contributed by atoms with Gasteiger partial charge in [-0.15, -0.1) is 0 Å². The SMILES string of the molecule is COc1ccccc1-c1nn(-c2ccccc2)cc1C(=O)NC1CCCNC1=O. The molecule has 0 aliphatic carbocycles. The Morgan fingerprint density at radius 3 is 2.69 bits per heavy atom. The summed E-state index contributed by atoms with van der Waals surface area (Å²) >= 11 is 0. The van der Waals surface area contributed by atoms with Crippen LogP contribution in [0.5, 0.6) is 5.75 Å². The highest BCUT2D eigenvalue weighted by molar-refractivity contribution is 6.02. The Balaban J connectivity index is 1.75. The molecule has 1 aliphatic heterocycles. The molecule has 1 aromatic heterocycles. The number of carbonyl (C=O) groups is 2. The standard InChI is InChI=1S/C22H22N4O3/c1-29-19-12-6-5-10-16(19)20-17(14-26(25-20)15-8-3-2-4-9-15)21(27)24-18-11-7-13-23-22(18)28/h2-6,8-10,12,14,18H,7,11,13H2,1H3,(H,23,28)(H,24,27). The van der Waals surface area contributed by atoms with E-state index in [0.717, 1.165) is 12.1 Å². The number of benzene rings is 2. The molecule has 1 unspecified atom stereocenters. The second-order valence-electron chi connectivity index (χ2n) is 6.83. The van der Waals surface area contributed by atoms with Gasteiger partial charge in [-0.3, -0.25) is 9.59 Å². The number of aromatic nitrogens is 2. The van der Waals surface area contributed by atoms with Crippen molar-refractivity contribution >= 4 is 11.8 Å². The molecule has 0 spiro atoms. The summed E-state index contributed by atoms with van der Waals surface area (Å²) in [6, 6.07) is 16.4. The fraction of sp³-hybridized carbons (Fsp3) is 0.227. The maximum atomic E-state index is 13.1. The fourth-order valence-electron chi connectivity index (χ4n) is 3.44. The highest BCUT2D eigenvalue weighted by Gasteiger charge is 2.27. The summed E-state index contributed by atoms with van der Waals surface area (Å²) in [7, 11) is 1.58. The summed E-state index contributed by atoms with van der Waals surface area (Å²) in [5.41, 5.74) is 2.43. The molecule has 0 radical (unpaired) electrons. The first kappa shape index (κ1) is 18.7. The number of piperidine rings is 1. The molecule has 1 aliphatic rings. The lowest BCUT2D eigenvalue weighted by molar-refractivity contribution is -0.124. The van der Waals surface area contributed by atoms with Crippen molar-refractivity contribution < 1.29 is 14.3 Å². The second kappa shape index (κ2) is 8.18. The highest BCUT2D eigenvalue weighted by atomic mass is 16.5. The van der Waals surface area contributed by atoms with Gasteiger partial charge in [-0.25, -0.2) is 4.68 Å². The predicted octanol–water partition coefficient (Wildman–Crippen LogP) is 2.56. The van der Waals surface area contributed by atoms with Gasteiger partial charge in [0.2, 0.25) is 5.91 Å². The lowest BCUT2D eigenvalue weighted by Gasteiger charge is -2.22. The minimum atomic E-state index is -0.540. The number of rotatable bonds is 5. The Morgan fingerprint density at radius 1 is 1.17 bits per heavy atom.